The van der Waals surface area contributed by atoms with Crippen LogP contribution in [0.2, 0.25) is 10.0 Å². The van der Waals surface area contributed by atoms with Gasteiger partial charge in [-0.1, -0.05) is 23.2 Å². The zero-order valence-electron chi connectivity index (χ0n) is 16.9. The molecule has 0 spiro atoms. The lowest BCUT2D eigenvalue weighted by atomic mass is 9.95. The number of likely N-dealkylation sites (tertiary alicyclic amines) is 1. The topological polar surface area (TPSA) is 69.7 Å². The minimum absolute atomic E-state index is 0.103. The van der Waals surface area contributed by atoms with Crippen molar-refractivity contribution in [3.8, 4) is 0 Å². The van der Waals surface area contributed by atoms with Gasteiger partial charge in [0.25, 0.3) is 5.91 Å². The Kier molecular flexibility index (Phi) is 7.51. The van der Waals surface area contributed by atoms with E-state index in [0.717, 1.165) is 0 Å². The molecule has 6 nitrogen and oxygen atoms in total. The van der Waals surface area contributed by atoms with E-state index in [1.165, 1.54) is 35.2 Å². The Morgan fingerprint density at radius 3 is 2.32 bits per heavy atom. The molecule has 1 aliphatic rings. The van der Waals surface area contributed by atoms with Crippen LogP contribution < -0.4 is 5.32 Å². The lowest BCUT2D eigenvalue weighted by Gasteiger charge is -2.33. The number of piperidine rings is 1. The Hall–Kier alpha value is -2.64. The number of benzene rings is 2. The molecule has 0 aliphatic carbocycles. The second-order valence-corrected chi connectivity index (χ2v) is 8.26. The Morgan fingerprint density at radius 1 is 1.06 bits per heavy atom. The molecule has 0 aromatic heterocycles. The van der Waals surface area contributed by atoms with Gasteiger partial charge in [0.2, 0.25) is 11.8 Å². The highest BCUT2D eigenvalue weighted by atomic mass is 35.5. The van der Waals surface area contributed by atoms with Crippen molar-refractivity contribution >= 4 is 46.6 Å². The number of hydrogen-bond donors (Lipinski definition) is 1. The summed E-state index contributed by atoms with van der Waals surface area (Å²) < 4.78 is 13.0. The number of hydrogen-bond acceptors (Lipinski definition) is 3. The van der Waals surface area contributed by atoms with Crippen LogP contribution in [0.1, 0.15) is 23.2 Å². The van der Waals surface area contributed by atoms with Crippen LogP contribution in [0.3, 0.4) is 0 Å². The van der Waals surface area contributed by atoms with E-state index >= 15 is 0 Å². The molecule has 9 heteroatoms. The highest BCUT2D eigenvalue weighted by Crippen LogP contribution is 2.25. The average molecular weight is 466 g/mol. The van der Waals surface area contributed by atoms with Gasteiger partial charge in [0.05, 0.1) is 16.6 Å². The van der Waals surface area contributed by atoms with Gasteiger partial charge in [-0.15, -0.1) is 0 Å². The summed E-state index contributed by atoms with van der Waals surface area (Å²) in [6.07, 6.45) is 1.01. The van der Waals surface area contributed by atoms with E-state index in [4.69, 9.17) is 23.2 Å². The zero-order chi connectivity index (χ0) is 22.5. The Morgan fingerprint density at radius 2 is 1.71 bits per heavy atom. The summed E-state index contributed by atoms with van der Waals surface area (Å²) in [4.78, 5) is 40.6. The number of carbonyl (C=O) groups is 3. The molecule has 1 fully saturated rings. The predicted molar refractivity (Wildman–Crippen MR) is 118 cm³/mol. The van der Waals surface area contributed by atoms with Crippen molar-refractivity contribution in [2.24, 2.45) is 5.92 Å². The van der Waals surface area contributed by atoms with Gasteiger partial charge < -0.3 is 15.1 Å². The molecule has 0 saturated carbocycles. The smallest absolute Gasteiger partial charge is 0.253 e. The normalized spacial score (nSPS) is 14.3. The minimum Gasteiger partial charge on any atom is -0.339 e. The van der Waals surface area contributed by atoms with Crippen molar-refractivity contribution in [2.75, 3.05) is 32.0 Å². The molecule has 1 saturated heterocycles. The Labute approximate surface area is 189 Å². The Bertz CT molecular complexity index is 976. The number of amides is 3. The van der Waals surface area contributed by atoms with Gasteiger partial charge in [-0.3, -0.25) is 14.4 Å². The van der Waals surface area contributed by atoms with Crippen molar-refractivity contribution < 1.29 is 18.8 Å². The molecule has 2 aromatic rings. The van der Waals surface area contributed by atoms with E-state index in [1.54, 1.807) is 24.1 Å². The van der Waals surface area contributed by atoms with Crippen LogP contribution in [-0.4, -0.2) is 54.2 Å². The Balaban J connectivity index is 1.49. The first-order valence-electron chi connectivity index (χ1n) is 9.79. The average Bonchev–Trinajstić information content (AvgIpc) is 2.76. The van der Waals surface area contributed by atoms with Crippen molar-refractivity contribution in [1.82, 2.24) is 9.80 Å². The first-order chi connectivity index (χ1) is 14.7. The summed E-state index contributed by atoms with van der Waals surface area (Å²) >= 11 is 11.8. The van der Waals surface area contributed by atoms with Crippen molar-refractivity contribution in [2.45, 2.75) is 12.8 Å². The third-order valence-electron chi connectivity index (χ3n) is 5.18. The quantitative estimate of drug-likeness (QED) is 0.722. The maximum atomic E-state index is 13.0. The number of rotatable bonds is 5. The van der Waals surface area contributed by atoms with Crippen LogP contribution in [0.25, 0.3) is 0 Å². The maximum absolute atomic E-state index is 13.0. The fraction of sp³-hybridized carbons (Fsp3) is 0.318. The monoisotopic (exact) mass is 465 g/mol. The second kappa shape index (κ2) is 10.1. The molecule has 0 unspecified atom stereocenters. The summed E-state index contributed by atoms with van der Waals surface area (Å²) in [7, 11) is 1.58. The SMILES string of the molecule is CN(CC(=O)Nc1ccc(Cl)c(Cl)c1)C(=O)C1CCN(C(=O)c2ccc(F)cc2)CC1. The molecule has 3 rings (SSSR count). The molecule has 0 radical (unpaired) electrons. The fourth-order valence-corrected chi connectivity index (χ4v) is 3.78. The van der Waals surface area contributed by atoms with Crippen LogP contribution in [0.5, 0.6) is 0 Å². The molecule has 2 aromatic carbocycles. The lowest BCUT2D eigenvalue weighted by molar-refractivity contribution is -0.138. The second-order valence-electron chi connectivity index (χ2n) is 7.44. The highest BCUT2D eigenvalue weighted by Gasteiger charge is 2.30. The first-order valence-corrected chi connectivity index (χ1v) is 10.5. The van der Waals surface area contributed by atoms with Gasteiger partial charge >= 0.3 is 0 Å². The van der Waals surface area contributed by atoms with Gasteiger partial charge in [0, 0.05) is 37.3 Å². The largest absolute Gasteiger partial charge is 0.339 e. The van der Waals surface area contributed by atoms with Crippen LogP contribution >= 0.6 is 23.2 Å². The first kappa shape index (κ1) is 23.0. The van der Waals surface area contributed by atoms with E-state index in [9.17, 15) is 18.8 Å². The molecule has 1 N–H and O–H groups in total. The standard InChI is InChI=1S/C22H22Cl2FN3O3/c1-27(13-20(29)26-17-6-7-18(23)19(24)12-17)21(30)15-8-10-28(11-9-15)22(31)14-2-4-16(25)5-3-14/h2-7,12,15H,8-11,13H2,1H3,(H,26,29). The molecule has 31 heavy (non-hydrogen) atoms. The van der Waals surface area contributed by atoms with Crippen molar-refractivity contribution in [1.29, 1.82) is 0 Å². The summed E-state index contributed by atoms with van der Waals surface area (Å²) in [5.74, 6) is -1.33. The van der Waals surface area contributed by atoms with Gasteiger partial charge in [-0.25, -0.2) is 4.39 Å². The van der Waals surface area contributed by atoms with E-state index in [0.29, 0.717) is 47.2 Å². The molecular formula is C22H22Cl2FN3O3. The van der Waals surface area contributed by atoms with Crippen LogP contribution in [0.15, 0.2) is 42.5 Å². The lowest BCUT2D eigenvalue weighted by Crippen LogP contribution is -2.45. The maximum Gasteiger partial charge on any atom is 0.253 e. The number of nitrogens with zero attached hydrogens (tertiary/aromatic N) is 2. The number of anilines is 1. The predicted octanol–water partition coefficient (Wildman–Crippen LogP) is 4.08. The van der Waals surface area contributed by atoms with Gasteiger partial charge in [-0.05, 0) is 55.3 Å². The van der Waals surface area contributed by atoms with Crippen molar-refractivity contribution in [3.05, 3.63) is 63.9 Å². The van der Waals surface area contributed by atoms with Crippen LogP contribution in [-0.2, 0) is 9.59 Å². The molecule has 1 aliphatic heterocycles. The van der Waals surface area contributed by atoms with E-state index in [-0.39, 0.29) is 30.2 Å². The number of nitrogens with one attached hydrogen (secondary N) is 1. The molecule has 3 amide bonds. The molecule has 0 atom stereocenters. The highest BCUT2D eigenvalue weighted by molar-refractivity contribution is 6.42. The minimum atomic E-state index is -0.396. The fourth-order valence-electron chi connectivity index (χ4n) is 3.48. The van der Waals surface area contributed by atoms with E-state index < -0.39 is 5.82 Å². The number of carbonyl (C=O) groups excluding carboxylic acids is 3. The summed E-state index contributed by atoms with van der Waals surface area (Å²) in [6.45, 7) is 0.750. The number of halogens is 3. The van der Waals surface area contributed by atoms with E-state index in [1.807, 2.05) is 0 Å². The van der Waals surface area contributed by atoms with Gasteiger partial charge in [-0.2, -0.15) is 0 Å². The van der Waals surface area contributed by atoms with Crippen LogP contribution in [0, 0.1) is 11.7 Å². The number of likely N-dealkylation sites (N-methyl/N-ethyl adjacent to an activating group) is 1. The summed E-state index contributed by atoms with van der Waals surface area (Å²) in [6, 6.07) is 10.2. The molecular weight excluding hydrogens is 444 g/mol. The zero-order valence-corrected chi connectivity index (χ0v) is 18.4. The van der Waals surface area contributed by atoms with E-state index in [2.05, 4.69) is 5.32 Å². The van der Waals surface area contributed by atoms with Crippen molar-refractivity contribution in [3.63, 3.8) is 0 Å². The molecule has 164 valence electrons. The van der Waals surface area contributed by atoms with Crippen LogP contribution in [0.4, 0.5) is 10.1 Å². The molecule has 1 heterocycles. The molecule has 0 bridgehead atoms. The third kappa shape index (κ3) is 5.95. The van der Waals surface area contributed by atoms with Gasteiger partial charge in [0.1, 0.15) is 5.82 Å². The summed E-state index contributed by atoms with van der Waals surface area (Å²) in [5, 5.41) is 3.40. The summed E-state index contributed by atoms with van der Waals surface area (Å²) in [5.41, 5.74) is 0.912. The third-order valence-corrected chi connectivity index (χ3v) is 5.92. The van der Waals surface area contributed by atoms with Gasteiger partial charge in [0.15, 0.2) is 0 Å².